The van der Waals surface area contributed by atoms with Gasteiger partial charge in [-0.1, -0.05) is 35.9 Å². The summed E-state index contributed by atoms with van der Waals surface area (Å²) in [4.78, 5) is 13.4. The van der Waals surface area contributed by atoms with Crippen molar-refractivity contribution < 1.29 is 9.18 Å². The summed E-state index contributed by atoms with van der Waals surface area (Å²) in [6.07, 6.45) is 0.842. The number of nitrogens with zero attached hydrogens (tertiary/aromatic N) is 3. The highest BCUT2D eigenvalue weighted by molar-refractivity contribution is 6.30. The number of hydrogen-bond acceptors (Lipinski definition) is 5. The van der Waals surface area contributed by atoms with Crippen LogP contribution in [-0.4, -0.2) is 36.1 Å². The third kappa shape index (κ3) is 3.75. The van der Waals surface area contributed by atoms with Gasteiger partial charge in [-0.2, -0.15) is 5.10 Å². The maximum absolute atomic E-state index is 14.7. The Hall–Kier alpha value is -3.35. The summed E-state index contributed by atoms with van der Waals surface area (Å²) in [6.45, 7) is 4.38. The first kappa shape index (κ1) is 21.5. The third-order valence-electron chi connectivity index (χ3n) is 6.30. The van der Waals surface area contributed by atoms with Crippen molar-refractivity contribution in [2.24, 2.45) is 0 Å². The fourth-order valence-electron chi connectivity index (χ4n) is 4.61. The van der Waals surface area contributed by atoms with E-state index in [0.717, 1.165) is 41.5 Å². The summed E-state index contributed by atoms with van der Waals surface area (Å²) in [5.74, 6) is -0.433. The fourth-order valence-corrected chi connectivity index (χ4v) is 4.76. The molecule has 166 valence electrons. The molecule has 1 aliphatic rings. The van der Waals surface area contributed by atoms with E-state index in [-0.39, 0.29) is 0 Å². The number of anilines is 1. The van der Waals surface area contributed by atoms with Gasteiger partial charge >= 0.3 is 0 Å². The van der Waals surface area contributed by atoms with Crippen LogP contribution in [0.15, 0.2) is 66.7 Å². The van der Waals surface area contributed by atoms with E-state index in [4.69, 9.17) is 11.6 Å². The maximum Gasteiger partial charge on any atom is 0.150 e. The maximum atomic E-state index is 14.7. The molecule has 1 aliphatic heterocycles. The van der Waals surface area contributed by atoms with Gasteiger partial charge < -0.3 is 10.2 Å². The average molecular weight is 461 g/mol. The summed E-state index contributed by atoms with van der Waals surface area (Å²) in [5.41, 5.74) is 2.78. The summed E-state index contributed by atoms with van der Waals surface area (Å²) in [7, 11) is 0. The van der Waals surface area contributed by atoms with Gasteiger partial charge in [0, 0.05) is 52.2 Å². The molecular weight excluding hydrogens is 439 g/mol. The molecule has 0 radical (unpaired) electrons. The molecule has 5 nitrogen and oxygen atoms in total. The number of nitrogens with one attached hydrogen (secondary N) is 1. The minimum Gasteiger partial charge on any atom is -0.358 e. The van der Waals surface area contributed by atoms with Crippen LogP contribution in [0.1, 0.15) is 23.0 Å². The average Bonchev–Trinajstić information content (AvgIpc) is 2.84. The van der Waals surface area contributed by atoms with Gasteiger partial charge in [-0.25, -0.2) is 4.39 Å². The molecule has 0 amide bonds. The van der Waals surface area contributed by atoms with Crippen LogP contribution in [-0.2, 0) is 5.54 Å². The first-order chi connectivity index (χ1) is 16.0. The van der Waals surface area contributed by atoms with Gasteiger partial charge in [0.05, 0.1) is 11.2 Å². The Morgan fingerprint density at radius 3 is 2.55 bits per heavy atom. The van der Waals surface area contributed by atoms with Crippen molar-refractivity contribution >= 4 is 34.3 Å². The molecule has 2 heterocycles. The molecule has 3 aromatic carbocycles. The normalized spacial score (nSPS) is 18.5. The van der Waals surface area contributed by atoms with Crippen molar-refractivity contribution in [1.29, 1.82) is 0 Å². The summed E-state index contributed by atoms with van der Waals surface area (Å²) < 4.78 is 14.7. The van der Waals surface area contributed by atoms with Crippen molar-refractivity contribution in [3.63, 3.8) is 0 Å². The fraction of sp³-hybridized carbons (Fsp3) is 0.192. The number of fused-ring (bicyclic) bond motifs is 1. The molecule has 0 saturated carbocycles. The molecule has 5 rings (SSSR count). The number of carbonyl (C=O) groups excluding carboxylic acids is 1. The number of aldehydes is 1. The van der Waals surface area contributed by atoms with Gasteiger partial charge in [-0.05, 0) is 49.4 Å². The van der Waals surface area contributed by atoms with Gasteiger partial charge in [0.15, 0.2) is 0 Å². The first-order valence-corrected chi connectivity index (χ1v) is 11.1. The van der Waals surface area contributed by atoms with E-state index in [1.807, 2.05) is 48.5 Å². The van der Waals surface area contributed by atoms with Gasteiger partial charge in [-0.15, -0.1) is 5.10 Å². The van der Waals surface area contributed by atoms with Gasteiger partial charge in [-0.3, -0.25) is 4.79 Å². The van der Waals surface area contributed by atoms with Crippen molar-refractivity contribution in [2.75, 3.05) is 24.5 Å². The van der Waals surface area contributed by atoms with E-state index >= 15 is 0 Å². The zero-order valence-corrected chi connectivity index (χ0v) is 18.8. The second-order valence-electron chi connectivity index (χ2n) is 8.38. The van der Waals surface area contributed by atoms with Crippen LogP contribution in [0.4, 0.5) is 10.1 Å². The topological polar surface area (TPSA) is 58.1 Å². The summed E-state index contributed by atoms with van der Waals surface area (Å²) in [5, 5.41) is 14.7. The highest BCUT2D eigenvalue weighted by Gasteiger charge is 2.39. The second-order valence-corrected chi connectivity index (χ2v) is 8.82. The number of benzene rings is 3. The second kappa shape index (κ2) is 8.54. The van der Waals surface area contributed by atoms with Crippen LogP contribution in [0.5, 0.6) is 0 Å². The largest absolute Gasteiger partial charge is 0.358 e. The van der Waals surface area contributed by atoms with Crippen molar-refractivity contribution in [3.05, 3.63) is 88.8 Å². The quantitative estimate of drug-likeness (QED) is 0.423. The highest BCUT2D eigenvalue weighted by Crippen LogP contribution is 2.39. The Morgan fingerprint density at radius 1 is 1.06 bits per heavy atom. The Balaban J connectivity index is 1.67. The minimum absolute atomic E-state index is 0.335. The number of aromatic nitrogens is 2. The number of carbonyl (C=O) groups is 1. The predicted molar refractivity (Wildman–Crippen MR) is 129 cm³/mol. The lowest BCUT2D eigenvalue weighted by Gasteiger charge is -2.46. The number of piperazine rings is 1. The Kier molecular flexibility index (Phi) is 5.56. The molecule has 0 bridgehead atoms. The molecule has 0 aliphatic carbocycles. The molecule has 0 spiro atoms. The van der Waals surface area contributed by atoms with Crippen molar-refractivity contribution in [3.8, 4) is 11.3 Å². The first-order valence-electron chi connectivity index (χ1n) is 10.8. The van der Waals surface area contributed by atoms with E-state index in [2.05, 4.69) is 27.3 Å². The monoisotopic (exact) mass is 460 g/mol. The predicted octanol–water partition coefficient (Wildman–Crippen LogP) is 5.23. The highest BCUT2D eigenvalue weighted by atomic mass is 35.5. The lowest BCUT2D eigenvalue weighted by Crippen LogP contribution is -2.58. The van der Waals surface area contributed by atoms with E-state index < -0.39 is 11.4 Å². The van der Waals surface area contributed by atoms with Crippen LogP contribution in [0, 0.1) is 5.82 Å². The Labute approximate surface area is 196 Å². The van der Waals surface area contributed by atoms with Crippen LogP contribution >= 0.6 is 11.6 Å². The Bertz CT molecular complexity index is 1340. The number of rotatable bonds is 4. The Morgan fingerprint density at radius 2 is 1.82 bits per heavy atom. The lowest BCUT2D eigenvalue weighted by atomic mass is 9.88. The zero-order chi connectivity index (χ0) is 23.0. The molecule has 1 aromatic heterocycles. The van der Waals surface area contributed by atoms with E-state index in [1.54, 1.807) is 12.1 Å². The van der Waals surface area contributed by atoms with Crippen LogP contribution in [0.2, 0.25) is 5.02 Å². The van der Waals surface area contributed by atoms with Crippen LogP contribution < -0.4 is 10.2 Å². The lowest BCUT2D eigenvalue weighted by molar-refractivity contribution is 0.112. The molecule has 1 atom stereocenters. The molecule has 33 heavy (non-hydrogen) atoms. The van der Waals surface area contributed by atoms with Crippen molar-refractivity contribution in [2.45, 2.75) is 12.5 Å². The zero-order valence-electron chi connectivity index (χ0n) is 18.1. The number of hydrogen-bond donors (Lipinski definition) is 1. The number of halogens is 2. The smallest absolute Gasteiger partial charge is 0.150 e. The standard InChI is InChI=1S/C26H22ClFN4O/c1-26(16-29-12-13-32(26)19-9-6-17(15-33)7-10-19)25-21-5-3-2-4-20(21)24(30-31-25)22-11-8-18(27)14-23(22)28/h2-11,14-15,29H,12-13,16H2,1H3. The molecule has 1 N–H and O–H groups in total. The summed E-state index contributed by atoms with van der Waals surface area (Å²) >= 11 is 5.95. The molecule has 1 fully saturated rings. The van der Waals surface area contributed by atoms with Gasteiger partial charge in [0.2, 0.25) is 0 Å². The molecule has 4 aromatic rings. The SMILES string of the molecule is CC1(c2nnc(-c3ccc(Cl)cc3F)c3ccccc23)CNCCN1c1ccc(C=O)cc1. The van der Waals surface area contributed by atoms with E-state index in [1.165, 1.54) is 6.07 Å². The van der Waals surface area contributed by atoms with Crippen LogP contribution in [0.25, 0.3) is 22.0 Å². The van der Waals surface area contributed by atoms with E-state index in [0.29, 0.717) is 28.4 Å². The molecule has 1 saturated heterocycles. The van der Waals surface area contributed by atoms with Gasteiger partial charge in [0.1, 0.15) is 17.8 Å². The molecule has 1 unspecified atom stereocenters. The third-order valence-corrected chi connectivity index (χ3v) is 6.54. The summed E-state index contributed by atoms with van der Waals surface area (Å²) in [6, 6.07) is 20.0. The minimum atomic E-state index is -0.509. The van der Waals surface area contributed by atoms with Gasteiger partial charge in [0.25, 0.3) is 0 Å². The van der Waals surface area contributed by atoms with Crippen LogP contribution in [0.3, 0.4) is 0 Å². The van der Waals surface area contributed by atoms with E-state index in [9.17, 15) is 9.18 Å². The molecular formula is C26H22ClFN4O. The van der Waals surface area contributed by atoms with Crippen molar-refractivity contribution in [1.82, 2.24) is 15.5 Å². The molecule has 7 heteroatoms.